The van der Waals surface area contributed by atoms with Gasteiger partial charge in [0, 0.05) is 4.88 Å². The highest BCUT2D eigenvalue weighted by atomic mass is 32.1. The van der Waals surface area contributed by atoms with Crippen LogP contribution in [0.2, 0.25) is 0 Å². The monoisotopic (exact) mass is 427 g/mol. The first-order chi connectivity index (χ1) is 14.1. The molecule has 0 bridgehead atoms. The summed E-state index contributed by atoms with van der Waals surface area (Å²) in [6.07, 6.45) is 2.46. The van der Waals surface area contributed by atoms with Gasteiger partial charge in [0.2, 0.25) is 5.91 Å². The van der Waals surface area contributed by atoms with Crippen LogP contribution in [-0.4, -0.2) is 21.1 Å². The predicted molar refractivity (Wildman–Crippen MR) is 116 cm³/mol. The van der Waals surface area contributed by atoms with Crippen molar-refractivity contribution in [3.05, 3.63) is 50.0 Å². The lowest BCUT2D eigenvalue weighted by Crippen LogP contribution is -2.25. The SMILES string of the molecule is CC(C)c1cc(C#N)cc(C2CC2)c1CC(=O)NCc1sc(C(C)(C)O)nc1CO. The van der Waals surface area contributed by atoms with E-state index < -0.39 is 5.60 Å². The van der Waals surface area contributed by atoms with E-state index in [4.69, 9.17) is 0 Å². The molecule has 30 heavy (non-hydrogen) atoms. The number of carbonyl (C=O) groups excluding carboxylic acids is 1. The number of thiazole rings is 1. The zero-order valence-electron chi connectivity index (χ0n) is 18.0. The van der Waals surface area contributed by atoms with Gasteiger partial charge in [-0.3, -0.25) is 4.79 Å². The molecule has 1 fully saturated rings. The number of nitrogens with one attached hydrogen (secondary N) is 1. The van der Waals surface area contributed by atoms with E-state index in [-0.39, 0.29) is 31.4 Å². The maximum Gasteiger partial charge on any atom is 0.224 e. The molecule has 1 amide bonds. The normalized spacial score (nSPS) is 14.1. The summed E-state index contributed by atoms with van der Waals surface area (Å²) >= 11 is 1.30. The molecule has 1 aliphatic carbocycles. The Bertz CT molecular complexity index is 956. The summed E-state index contributed by atoms with van der Waals surface area (Å²) in [5, 5.41) is 32.6. The van der Waals surface area contributed by atoms with Gasteiger partial charge in [0.15, 0.2) is 0 Å². The number of aromatic nitrogens is 1. The van der Waals surface area contributed by atoms with E-state index in [9.17, 15) is 20.3 Å². The highest BCUT2D eigenvalue weighted by Crippen LogP contribution is 2.44. The van der Waals surface area contributed by atoms with Gasteiger partial charge in [-0.15, -0.1) is 11.3 Å². The number of benzene rings is 1. The van der Waals surface area contributed by atoms with Crippen molar-refractivity contribution < 1.29 is 15.0 Å². The molecule has 1 aromatic carbocycles. The molecule has 0 radical (unpaired) electrons. The molecule has 3 rings (SSSR count). The third-order valence-electron chi connectivity index (χ3n) is 5.32. The first kappa shape index (κ1) is 22.4. The molecule has 160 valence electrons. The van der Waals surface area contributed by atoms with E-state index >= 15 is 0 Å². The third kappa shape index (κ3) is 5.07. The number of hydrogen-bond donors (Lipinski definition) is 3. The van der Waals surface area contributed by atoms with Crippen LogP contribution in [0, 0.1) is 11.3 Å². The molecule has 7 heteroatoms. The molecule has 0 atom stereocenters. The molecule has 1 saturated carbocycles. The fourth-order valence-electron chi connectivity index (χ4n) is 3.57. The van der Waals surface area contributed by atoms with Crippen LogP contribution >= 0.6 is 11.3 Å². The molecule has 0 saturated heterocycles. The molecule has 3 N–H and O–H groups in total. The Labute approximate surface area is 181 Å². The van der Waals surface area contributed by atoms with Gasteiger partial charge in [-0.05, 0) is 67.3 Å². The number of hydrogen-bond acceptors (Lipinski definition) is 6. The van der Waals surface area contributed by atoms with E-state index in [0.29, 0.717) is 22.2 Å². The van der Waals surface area contributed by atoms with Gasteiger partial charge in [-0.1, -0.05) is 13.8 Å². The van der Waals surface area contributed by atoms with Crippen molar-refractivity contribution in [2.24, 2.45) is 0 Å². The summed E-state index contributed by atoms with van der Waals surface area (Å²) in [5.74, 6) is 0.552. The standard InChI is InChI=1S/C23H29N3O3S/c1-13(2)16-7-14(10-24)8-17(15-5-6-15)18(16)9-21(28)25-11-20-19(12-27)26-22(30-20)23(3,4)29/h7-8,13,15,27,29H,5-6,9,11-12H2,1-4H3,(H,25,28). The number of nitriles is 1. The number of aliphatic hydroxyl groups excluding tert-OH is 1. The van der Waals surface area contributed by atoms with Crippen LogP contribution in [0.5, 0.6) is 0 Å². The van der Waals surface area contributed by atoms with Gasteiger partial charge < -0.3 is 15.5 Å². The molecule has 6 nitrogen and oxygen atoms in total. The van der Waals surface area contributed by atoms with Crippen molar-refractivity contribution in [2.45, 2.75) is 77.5 Å². The van der Waals surface area contributed by atoms with Crippen LogP contribution in [0.3, 0.4) is 0 Å². The molecular weight excluding hydrogens is 398 g/mol. The fourth-order valence-corrected chi connectivity index (χ4v) is 4.58. The lowest BCUT2D eigenvalue weighted by Gasteiger charge is -2.18. The maximum atomic E-state index is 12.8. The quantitative estimate of drug-likeness (QED) is 0.597. The average Bonchev–Trinajstić information content (AvgIpc) is 3.44. The minimum absolute atomic E-state index is 0.106. The summed E-state index contributed by atoms with van der Waals surface area (Å²) < 4.78 is 0. The van der Waals surface area contributed by atoms with Crippen molar-refractivity contribution in [1.82, 2.24) is 10.3 Å². The molecule has 0 spiro atoms. The van der Waals surface area contributed by atoms with E-state index in [2.05, 4.69) is 30.2 Å². The van der Waals surface area contributed by atoms with Crippen molar-refractivity contribution in [2.75, 3.05) is 0 Å². The second kappa shape index (κ2) is 8.84. The third-order valence-corrected chi connectivity index (χ3v) is 6.73. The molecule has 1 aliphatic rings. The minimum Gasteiger partial charge on any atom is -0.390 e. The summed E-state index contributed by atoms with van der Waals surface area (Å²) in [7, 11) is 0. The van der Waals surface area contributed by atoms with Gasteiger partial charge in [0.05, 0.1) is 36.9 Å². The summed E-state index contributed by atoms with van der Waals surface area (Å²) in [6, 6.07) is 6.09. The van der Waals surface area contributed by atoms with E-state index in [1.54, 1.807) is 13.8 Å². The fraction of sp³-hybridized carbons (Fsp3) is 0.522. The van der Waals surface area contributed by atoms with Gasteiger partial charge in [0.25, 0.3) is 0 Å². The highest BCUT2D eigenvalue weighted by Gasteiger charge is 2.29. The lowest BCUT2D eigenvalue weighted by molar-refractivity contribution is -0.120. The molecule has 1 aromatic heterocycles. The van der Waals surface area contributed by atoms with Crippen LogP contribution in [0.25, 0.3) is 0 Å². The first-order valence-electron chi connectivity index (χ1n) is 10.3. The highest BCUT2D eigenvalue weighted by molar-refractivity contribution is 7.11. The number of aliphatic hydroxyl groups is 2. The number of amides is 1. The van der Waals surface area contributed by atoms with Crippen molar-refractivity contribution >= 4 is 17.2 Å². The van der Waals surface area contributed by atoms with Crippen molar-refractivity contribution in [3.63, 3.8) is 0 Å². The van der Waals surface area contributed by atoms with Crippen LogP contribution in [-0.2, 0) is 30.0 Å². The first-order valence-corrected chi connectivity index (χ1v) is 11.1. The maximum absolute atomic E-state index is 12.8. The Balaban J connectivity index is 1.79. The zero-order chi connectivity index (χ0) is 22.1. The second-order valence-electron chi connectivity index (χ2n) is 8.73. The molecule has 0 unspecified atom stereocenters. The Hall–Kier alpha value is -2.27. The van der Waals surface area contributed by atoms with E-state index in [1.807, 2.05) is 12.1 Å². The largest absolute Gasteiger partial charge is 0.390 e. The van der Waals surface area contributed by atoms with Gasteiger partial charge >= 0.3 is 0 Å². The second-order valence-corrected chi connectivity index (χ2v) is 9.82. The van der Waals surface area contributed by atoms with Gasteiger partial charge in [0.1, 0.15) is 10.6 Å². The summed E-state index contributed by atoms with van der Waals surface area (Å²) in [5.41, 5.74) is 3.27. The number of nitrogens with zero attached hydrogens (tertiary/aromatic N) is 2. The van der Waals surface area contributed by atoms with Crippen molar-refractivity contribution in [3.8, 4) is 6.07 Å². The lowest BCUT2D eigenvalue weighted by atomic mass is 9.87. The number of rotatable bonds is 8. The molecular formula is C23H29N3O3S. The molecule has 0 aliphatic heterocycles. The molecule has 1 heterocycles. The topological polar surface area (TPSA) is 106 Å². The van der Waals surface area contributed by atoms with Crippen molar-refractivity contribution in [1.29, 1.82) is 5.26 Å². The summed E-state index contributed by atoms with van der Waals surface area (Å²) in [6.45, 7) is 7.47. The molecule has 2 aromatic rings. The zero-order valence-corrected chi connectivity index (χ0v) is 18.8. The van der Waals surface area contributed by atoms with Gasteiger partial charge in [-0.2, -0.15) is 5.26 Å². The predicted octanol–water partition coefficient (Wildman–Crippen LogP) is 3.59. The smallest absolute Gasteiger partial charge is 0.224 e. The Morgan fingerprint density at radius 1 is 1.40 bits per heavy atom. The van der Waals surface area contributed by atoms with E-state index in [1.165, 1.54) is 11.3 Å². The minimum atomic E-state index is -1.09. The van der Waals surface area contributed by atoms with Crippen LogP contribution < -0.4 is 5.32 Å². The Morgan fingerprint density at radius 2 is 2.10 bits per heavy atom. The van der Waals surface area contributed by atoms with E-state index in [0.717, 1.165) is 34.4 Å². The average molecular weight is 428 g/mol. The van der Waals surface area contributed by atoms with Crippen LogP contribution in [0.4, 0.5) is 0 Å². The van der Waals surface area contributed by atoms with Crippen LogP contribution in [0.15, 0.2) is 12.1 Å². The number of carbonyl (C=O) groups is 1. The van der Waals surface area contributed by atoms with Gasteiger partial charge in [-0.25, -0.2) is 4.98 Å². The van der Waals surface area contributed by atoms with Crippen LogP contribution in [0.1, 0.15) is 90.2 Å². The Morgan fingerprint density at radius 3 is 2.63 bits per heavy atom. The summed E-state index contributed by atoms with van der Waals surface area (Å²) in [4.78, 5) is 17.9. The Kier molecular flexibility index (Phi) is 6.61.